The lowest BCUT2D eigenvalue weighted by atomic mass is 10.2. The predicted octanol–water partition coefficient (Wildman–Crippen LogP) is 2.96. The smallest absolute Gasteiger partial charge is 0.272 e. The lowest BCUT2D eigenvalue weighted by molar-refractivity contribution is 0.0737. The summed E-state index contributed by atoms with van der Waals surface area (Å²) in [5, 5.41) is 9.75. The third-order valence-electron chi connectivity index (χ3n) is 4.98. The second kappa shape index (κ2) is 8.55. The predicted molar refractivity (Wildman–Crippen MR) is 112 cm³/mol. The number of hydrogen-bond acceptors (Lipinski definition) is 6. The molecule has 0 unspecified atom stereocenters. The van der Waals surface area contributed by atoms with Crippen LogP contribution in [0.5, 0.6) is 0 Å². The van der Waals surface area contributed by atoms with Crippen molar-refractivity contribution in [1.29, 1.82) is 5.26 Å². The van der Waals surface area contributed by atoms with Gasteiger partial charge in [0.05, 0.1) is 17.8 Å². The molecule has 1 fully saturated rings. The standard InChI is InChI=1S/C21H19FN6OS/c1-30-21-25-14-18(28(21)17-4-2-16(22)3-5-17)20(29)27-10-8-26(9-11-27)19-12-15(13-23)6-7-24-19/h2-7,12,14H,8-11H2,1H3. The number of carbonyl (C=O) groups is 1. The number of anilines is 1. The van der Waals surface area contributed by atoms with E-state index in [1.807, 2.05) is 6.26 Å². The molecule has 7 nitrogen and oxygen atoms in total. The zero-order valence-corrected chi connectivity index (χ0v) is 17.1. The van der Waals surface area contributed by atoms with Crippen LogP contribution in [-0.2, 0) is 0 Å². The SMILES string of the molecule is CSc1ncc(C(=O)N2CCN(c3cc(C#N)ccn3)CC2)n1-c1ccc(F)cc1. The summed E-state index contributed by atoms with van der Waals surface area (Å²) >= 11 is 1.42. The highest BCUT2D eigenvalue weighted by Gasteiger charge is 2.26. The van der Waals surface area contributed by atoms with Crippen LogP contribution in [0.4, 0.5) is 10.2 Å². The maximum Gasteiger partial charge on any atom is 0.272 e. The van der Waals surface area contributed by atoms with Gasteiger partial charge in [0.15, 0.2) is 5.16 Å². The van der Waals surface area contributed by atoms with Crippen LogP contribution in [0.3, 0.4) is 0 Å². The average molecular weight is 422 g/mol. The van der Waals surface area contributed by atoms with Gasteiger partial charge in [0.2, 0.25) is 0 Å². The summed E-state index contributed by atoms with van der Waals surface area (Å²) in [7, 11) is 0. The first-order valence-electron chi connectivity index (χ1n) is 9.39. The van der Waals surface area contributed by atoms with Crippen molar-refractivity contribution >= 4 is 23.5 Å². The summed E-state index contributed by atoms with van der Waals surface area (Å²) in [6.45, 7) is 2.29. The lowest BCUT2D eigenvalue weighted by Gasteiger charge is -2.35. The molecule has 3 aromatic rings. The van der Waals surface area contributed by atoms with Crippen LogP contribution in [0.25, 0.3) is 5.69 Å². The number of hydrogen-bond donors (Lipinski definition) is 0. The van der Waals surface area contributed by atoms with Crippen LogP contribution in [-0.4, -0.2) is 57.8 Å². The number of imidazole rings is 1. The average Bonchev–Trinajstić information content (AvgIpc) is 3.23. The van der Waals surface area contributed by atoms with E-state index in [1.54, 1.807) is 46.1 Å². The molecule has 9 heteroatoms. The van der Waals surface area contributed by atoms with Crippen LogP contribution in [0.1, 0.15) is 16.1 Å². The van der Waals surface area contributed by atoms with Crippen molar-refractivity contribution in [1.82, 2.24) is 19.4 Å². The maximum absolute atomic E-state index is 13.4. The van der Waals surface area contributed by atoms with Crippen LogP contribution < -0.4 is 4.90 Å². The van der Waals surface area contributed by atoms with Gasteiger partial charge in [-0.3, -0.25) is 9.36 Å². The van der Waals surface area contributed by atoms with Gasteiger partial charge in [-0.25, -0.2) is 14.4 Å². The first-order valence-corrected chi connectivity index (χ1v) is 10.6. The van der Waals surface area contributed by atoms with Gasteiger partial charge in [-0.1, -0.05) is 11.8 Å². The molecule has 0 aliphatic carbocycles. The zero-order valence-electron chi connectivity index (χ0n) is 16.3. The summed E-state index contributed by atoms with van der Waals surface area (Å²) in [6, 6.07) is 11.6. The van der Waals surface area contributed by atoms with E-state index >= 15 is 0 Å². The quantitative estimate of drug-likeness (QED) is 0.602. The molecule has 3 heterocycles. The highest BCUT2D eigenvalue weighted by molar-refractivity contribution is 7.98. The molecule has 0 spiro atoms. The molecule has 152 valence electrons. The summed E-state index contributed by atoms with van der Waals surface area (Å²) in [5.74, 6) is 0.287. The second-order valence-electron chi connectivity index (χ2n) is 6.74. The van der Waals surface area contributed by atoms with Crippen molar-refractivity contribution in [2.75, 3.05) is 37.3 Å². The minimum absolute atomic E-state index is 0.120. The van der Waals surface area contributed by atoms with Crippen LogP contribution >= 0.6 is 11.8 Å². The Morgan fingerprint density at radius 1 is 1.13 bits per heavy atom. The largest absolute Gasteiger partial charge is 0.353 e. The number of pyridine rings is 1. The highest BCUT2D eigenvalue weighted by atomic mass is 32.2. The van der Waals surface area contributed by atoms with E-state index in [2.05, 4.69) is 20.9 Å². The third-order valence-corrected chi connectivity index (χ3v) is 5.63. The molecule has 1 aliphatic heterocycles. The molecule has 2 aromatic heterocycles. The molecule has 30 heavy (non-hydrogen) atoms. The number of rotatable bonds is 4. The van der Waals surface area contributed by atoms with Crippen molar-refractivity contribution in [3.8, 4) is 11.8 Å². The summed E-state index contributed by atoms with van der Waals surface area (Å²) in [5.41, 5.74) is 1.70. The monoisotopic (exact) mass is 422 g/mol. The van der Waals surface area contributed by atoms with Crippen molar-refractivity contribution in [3.05, 3.63) is 65.9 Å². The van der Waals surface area contributed by atoms with Crippen molar-refractivity contribution in [2.24, 2.45) is 0 Å². The van der Waals surface area contributed by atoms with E-state index < -0.39 is 0 Å². The molecule has 0 N–H and O–H groups in total. The van der Waals surface area contributed by atoms with Gasteiger partial charge < -0.3 is 9.80 Å². The number of nitrogens with zero attached hydrogens (tertiary/aromatic N) is 6. The van der Waals surface area contributed by atoms with Crippen LogP contribution in [0.2, 0.25) is 0 Å². The van der Waals surface area contributed by atoms with Gasteiger partial charge in [-0.05, 0) is 42.7 Å². The van der Waals surface area contributed by atoms with Gasteiger partial charge >= 0.3 is 0 Å². The molecule has 0 radical (unpaired) electrons. The Morgan fingerprint density at radius 3 is 2.53 bits per heavy atom. The van der Waals surface area contributed by atoms with Crippen molar-refractivity contribution in [2.45, 2.75) is 5.16 Å². The van der Waals surface area contributed by atoms with Gasteiger partial charge in [0, 0.05) is 38.1 Å². The molecule has 1 saturated heterocycles. The molecule has 1 amide bonds. The number of amides is 1. The minimum Gasteiger partial charge on any atom is -0.353 e. The Labute approximate surface area is 177 Å². The fourth-order valence-corrected chi connectivity index (χ4v) is 3.98. The number of carbonyl (C=O) groups excluding carboxylic acids is 1. The molecule has 0 atom stereocenters. The maximum atomic E-state index is 13.4. The van der Waals surface area contributed by atoms with E-state index in [1.165, 1.54) is 23.9 Å². The fraction of sp³-hybridized carbons (Fsp3) is 0.238. The van der Waals surface area contributed by atoms with Gasteiger partial charge in [0.25, 0.3) is 5.91 Å². The number of nitriles is 1. The number of benzene rings is 1. The Balaban J connectivity index is 1.53. The number of piperazine rings is 1. The number of aromatic nitrogens is 3. The molecule has 4 rings (SSSR count). The van der Waals surface area contributed by atoms with Crippen LogP contribution in [0.15, 0.2) is 53.9 Å². The molecule has 1 aliphatic rings. The Morgan fingerprint density at radius 2 is 1.87 bits per heavy atom. The van der Waals surface area contributed by atoms with Gasteiger partial charge in [-0.2, -0.15) is 5.26 Å². The number of halogens is 1. The molecular weight excluding hydrogens is 403 g/mol. The van der Waals surface area contributed by atoms with Gasteiger partial charge in [0.1, 0.15) is 17.3 Å². The number of thioether (sulfide) groups is 1. The van der Waals surface area contributed by atoms with Crippen molar-refractivity contribution in [3.63, 3.8) is 0 Å². The van der Waals surface area contributed by atoms with E-state index in [0.29, 0.717) is 48.3 Å². The summed E-state index contributed by atoms with van der Waals surface area (Å²) < 4.78 is 15.1. The fourth-order valence-electron chi connectivity index (χ4n) is 3.43. The summed E-state index contributed by atoms with van der Waals surface area (Å²) in [4.78, 5) is 25.8. The van der Waals surface area contributed by atoms with E-state index in [0.717, 1.165) is 5.82 Å². The Bertz CT molecular complexity index is 1100. The van der Waals surface area contributed by atoms with E-state index in [-0.39, 0.29) is 11.7 Å². The molecule has 1 aromatic carbocycles. The molecule has 0 saturated carbocycles. The third kappa shape index (κ3) is 3.86. The van der Waals surface area contributed by atoms with E-state index in [9.17, 15) is 9.18 Å². The minimum atomic E-state index is -0.331. The lowest BCUT2D eigenvalue weighted by Crippen LogP contribution is -2.49. The van der Waals surface area contributed by atoms with E-state index in [4.69, 9.17) is 5.26 Å². The summed E-state index contributed by atoms with van der Waals surface area (Å²) in [6.07, 6.45) is 5.08. The molecular formula is C21H19FN6OS. The first-order chi connectivity index (χ1) is 14.6. The highest BCUT2D eigenvalue weighted by Crippen LogP contribution is 2.24. The molecule has 0 bridgehead atoms. The first kappa shape index (κ1) is 19.9. The van der Waals surface area contributed by atoms with Gasteiger partial charge in [-0.15, -0.1) is 0 Å². The zero-order chi connectivity index (χ0) is 21.1. The second-order valence-corrected chi connectivity index (χ2v) is 7.51. The van der Waals surface area contributed by atoms with Crippen molar-refractivity contribution < 1.29 is 9.18 Å². The van der Waals surface area contributed by atoms with Crippen LogP contribution in [0, 0.1) is 17.1 Å². The topological polar surface area (TPSA) is 78.1 Å². The Hall–Kier alpha value is -3.38. The normalized spacial score (nSPS) is 13.9. The Kier molecular flexibility index (Phi) is 5.68.